The highest BCUT2D eigenvalue weighted by Gasteiger charge is 2.08. The van der Waals surface area contributed by atoms with E-state index < -0.39 is 0 Å². The average Bonchev–Trinajstić information content (AvgIpc) is 2.58. The van der Waals surface area contributed by atoms with Gasteiger partial charge in [0.1, 0.15) is 9.88 Å². The van der Waals surface area contributed by atoms with E-state index in [1.165, 1.54) is 11.5 Å². The minimum atomic E-state index is 0. The van der Waals surface area contributed by atoms with Crippen LogP contribution in [0.25, 0.3) is 9.88 Å². The fourth-order valence-corrected chi connectivity index (χ4v) is 2.47. The molecule has 2 aromatic heterocycles. The molecule has 13 heavy (non-hydrogen) atoms. The maximum Gasteiger partial charge on any atom is 0.137 e. The fourth-order valence-electron chi connectivity index (χ4n) is 0.886. The van der Waals surface area contributed by atoms with E-state index in [1.807, 2.05) is 19.2 Å². The number of thiazole rings is 1. The number of aromatic nitrogens is 3. The van der Waals surface area contributed by atoms with E-state index in [0.29, 0.717) is 0 Å². The van der Waals surface area contributed by atoms with Gasteiger partial charge in [-0.25, -0.2) is 4.98 Å². The summed E-state index contributed by atoms with van der Waals surface area (Å²) in [5.74, 6) is 0. The first-order chi connectivity index (χ1) is 5.77. The molecule has 2 aromatic rings. The van der Waals surface area contributed by atoms with E-state index in [1.54, 1.807) is 11.3 Å². The first kappa shape index (κ1) is 10.6. The molecule has 0 aliphatic carbocycles. The van der Waals surface area contributed by atoms with Gasteiger partial charge in [-0.1, -0.05) is 4.49 Å². The lowest BCUT2D eigenvalue weighted by atomic mass is 10.4. The van der Waals surface area contributed by atoms with Crippen LogP contribution in [0.3, 0.4) is 0 Å². The molecule has 0 unspecified atom stereocenters. The van der Waals surface area contributed by atoms with Crippen molar-refractivity contribution in [2.45, 2.75) is 13.8 Å². The largest absolute Gasteiger partial charge is 0.240 e. The summed E-state index contributed by atoms with van der Waals surface area (Å²) < 4.78 is 3.87. The van der Waals surface area contributed by atoms with Crippen molar-refractivity contribution in [3.8, 4) is 9.88 Å². The van der Waals surface area contributed by atoms with Gasteiger partial charge in [0.2, 0.25) is 0 Å². The smallest absolute Gasteiger partial charge is 0.137 e. The van der Waals surface area contributed by atoms with E-state index in [-0.39, 0.29) is 12.4 Å². The van der Waals surface area contributed by atoms with Crippen LogP contribution >= 0.6 is 35.3 Å². The lowest BCUT2D eigenvalue weighted by molar-refractivity contribution is 1.09. The van der Waals surface area contributed by atoms with Crippen molar-refractivity contribution >= 4 is 35.3 Å². The number of rotatable bonds is 1. The Morgan fingerprint density at radius 2 is 2.08 bits per heavy atom. The monoisotopic (exact) mass is 233 g/mol. The second-order valence-electron chi connectivity index (χ2n) is 2.48. The van der Waals surface area contributed by atoms with Crippen molar-refractivity contribution in [1.82, 2.24) is 14.6 Å². The predicted octanol–water partition coefficient (Wildman–Crippen LogP) is 2.70. The van der Waals surface area contributed by atoms with Crippen molar-refractivity contribution in [3.05, 3.63) is 16.8 Å². The van der Waals surface area contributed by atoms with Crippen LogP contribution in [-0.2, 0) is 0 Å². The molecule has 2 rings (SSSR count). The van der Waals surface area contributed by atoms with Gasteiger partial charge in [-0.3, -0.25) is 0 Å². The molecule has 0 saturated heterocycles. The second-order valence-corrected chi connectivity index (χ2v) is 4.09. The highest BCUT2D eigenvalue weighted by Crippen LogP contribution is 2.28. The Bertz CT molecular complexity index is 396. The van der Waals surface area contributed by atoms with Crippen molar-refractivity contribution in [2.75, 3.05) is 0 Å². The molecule has 0 saturated carbocycles. The summed E-state index contributed by atoms with van der Waals surface area (Å²) in [6.45, 7) is 3.94. The zero-order chi connectivity index (χ0) is 8.55. The molecule has 3 nitrogen and oxygen atoms in total. The van der Waals surface area contributed by atoms with Gasteiger partial charge in [-0.05, 0) is 25.4 Å². The minimum absolute atomic E-state index is 0. The van der Waals surface area contributed by atoms with Crippen LogP contribution < -0.4 is 0 Å². The molecular formula is C7H8ClN3S2. The Morgan fingerprint density at radius 3 is 2.54 bits per heavy atom. The van der Waals surface area contributed by atoms with Gasteiger partial charge in [0.25, 0.3) is 0 Å². The minimum Gasteiger partial charge on any atom is -0.240 e. The number of hydrogen-bond acceptors (Lipinski definition) is 5. The molecule has 0 spiro atoms. The lowest BCUT2D eigenvalue weighted by Crippen LogP contribution is -1.76. The van der Waals surface area contributed by atoms with Gasteiger partial charge in [0, 0.05) is 11.1 Å². The predicted molar refractivity (Wildman–Crippen MR) is 57.7 cm³/mol. The Kier molecular flexibility index (Phi) is 3.35. The molecule has 0 atom stereocenters. The Labute approximate surface area is 90.4 Å². The van der Waals surface area contributed by atoms with Gasteiger partial charge in [0.05, 0.1) is 5.69 Å². The molecule has 6 heteroatoms. The summed E-state index contributed by atoms with van der Waals surface area (Å²) in [4.78, 5) is 5.45. The van der Waals surface area contributed by atoms with Crippen LogP contribution in [0.1, 0.15) is 11.4 Å². The molecule has 0 radical (unpaired) electrons. The summed E-state index contributed by atoms with van der Waals surface area (Å²) in [6, 6.07) is 0. The molecule has 0 aromatic carbocycles. The highest BCUT2D eigenvalue weighted by molar-refractivity contribution is 7.18. The third-order valence-corrected chi connectivity index (χ3v) is 3.41. The zero-order valence-electron chi connectivity index (χ0n) is 7.14. The Morgan fingerprint density at radius 1 is 1.31 bits per heavy atom. The number of hydrogen-bond donors (Lipinski definition) is 0. The fraction of sp³-hybridized carbons (Fsp3) is 0.286. The van der Waals surface area contributed by atoms with Crippen LogP contribution in [0.2, 0.25) is 0 Å². The number of halogens is 1. The third-order valence-electron chi connectivity index (χ3n) is 1.46. The molecule has 0 amide bonds. The lowest BCUT2D eigenvalue weighted by Gasteiger charge is -1.87. The van der Waals surface area contributed by atoms with Crippen molar-refractivity contribution < 1.29 is 0 Å². The van der Waals surface area contributed by atoms with Gasteiger partial charge >= 0.3 is 0 Å². The van der Waals surface area contributed by atoms with E-state index in [4.69, 9.17) is 0 Å². The average molecular weight is 234 g/mol. The first-order valence-electron chi connectivity index (χ1n) is 3.49. The van der Waals surface area contributed by atoms with Gasteiger partial charge in [-0.15, -0.1) is 28.8 Å². The summed E-state index contributed by atoms with van der Waals surface area (Å²) in [5.41, 5.74) is 2.03. The third kappa shape index (κ3) is 2.04. The van der Waals surface area contributed by atoms with Crippen molar-refractivity contribution in [3.63, 3.8) is 0 Å². The maximum absolute atomic E-state index is 4.36. The molecule has 2 heterocycles. The molecule has 0 N–H and O–H groups in total. The summed E-state index contributed by atoms with van der Waals surface area (Å²) in [5, 5.41) is 7.00. The number of nitrogens with zero attached hydrogens (tertiary/aromatic N) is 3. The Hall–Kier alpha value is -0.520. The highest BCUT2D eigenvalue weighted by atomic mass is 35.5. The van der Waals surface area contributed by atoms with Crippen LogP contribution in [0.4, 0.5) is 0 Å². The van der Waals surface area contributed by atoms with Crippen LogP contribution in [0.5, 0.6) is 0 Å². The Balaban J connectivity index is 0.000000845. The van der Waals surface area contributed by atoms with Crippen molar-refractivity contribution in [1.29, 1.82) is 0 Å². The summed E-state index contributed by atoms with van der Waals surface area (Å²) in [7, 11) is 0. The molecule has 70 valence electrons. The quantitative estimate of drug-likeness (QED) is 0.760. The normalized spacial score (nSPS) is 9.69. The van der Waals surface area contributed by atoms with E-state index >= 15 is 0 Å². The van der Waals surface area contributed by atoms with Gasteiger partial charge < -0.3 is 0 Å². The second kappa shape index (κ2) is 4.13. The molecule has 0 aliphatic rings. The van der Waals surface area contributed by atoms with Crippen LogP contribution in [0.15, 0.2) is 5.38 Å². The van der Waals surface area contributed by atoms with E-state index in [9.17, 15) is 0 Å². The molecule has 0 aliphatic heterocycles. The first-order valence-corrected chi connectivity index (χ1v) is 5.14. The molecule has 0 fully saturated rings. The van der Waals surface area contributed by atoms with Gasteiger partial charge in [-0.2, -0.15) is 0 Å². The van der Waals surface area contributed by atoms with Gasteiger partial charge in [0.15, 0.2) is 0 Å². The van der Waals surface area contributed by atoms with Crippen molar-refractivity contribution in [2.24, 2.45) is 0 Å². The number of aryl methyl sites for hydroxylation is 2. The summed E-state index contributed by atoms with van der Waals surface area (Å²) >= 11 is 3.04. The maximum atomic E-state index is 4.36. The zero-order valence-corrected chi connectivity index (χ0v) is 9.59. The molecule has 0 bridgehead atoms. The van der Waals surface area contributed by atoms with Crippen LogP contribution in [-0.4, -0.2) is 14.6 Å². The molecular weight excluding hydrogens is 226 g/mol. The topological polar surface area (TPSA) is 38.7 Å². The van der Waals surface area contributed by atoms with E-state index in [0.717, 1.165) is 21.3 Å². The van der Waals surface area contributed by atoms with Crippen LogP contribution in [0, 0.1) is 13.8 Å². The summed E-state index contributed by atoms with van der Waals surface area (Å²) in [6.07, 6.45) is 0. The SMILES string of the molecule is Cc1csc(-c2snnc2C)n1.Cl. The van der Waals surface area contributed by atoms with E-state index in [2.05, 4.69) is 14.6 Å². The standard InChI is InChI=1S/C7H7N3S2.ClH/c1-4-3-11-7(8-4)6-5(2)9-10-12-6;/h3H,1-2H3;1H.